The monoisotopic (exact) mass is 173 g/mol. The molecule has 1 atom stereocenters. The van der Waals surface area contributed by atoms with Crippen molar-refractivity contribution in [3.05, 3.63) is 10.7 Å². The van der Waals surface area contributed by atoms with Gasteiger partial charge in [0.05, 0.1) is 0 Å². The van der Waals surface area contributed by atoms with Gasteiger partial charge in [-0.25, -0.2) is 5.10 Å². The summed E-state index contributed by atoms with van der Waals surface area (Å²) in [5.74, 6) is 0.794. The van der Waals surface area contributed by atoms with Gasteiger partial charge >= 0.3 is 0 Å². The van der Waals surface area contributed by atoms with Gasteiger partial charge in [0.1, 0.15) is 0 Å². The van der Waals surface area contributed by atoms with E-state index in [0.29, 0.717) is 17.3 Å². The number of hydrogen-bond acceptors (Lipinski definition) is 4. The van der Waals surface area contributed by atoms with Gasteiger partial charge < -0.3 is 10.2 Å². The second-order valence-corrected chi connectivity index (χ2v) is 2.66. The lowest BCUT2D eigenvalue weighted by molar-refractivity contribution is 0.432. The Kier molecular flexibility index (Phi) is 2.78. The Morgan fingerprint density at radius 1 is 1.82 bits per heavy atom. The van der Waals surface area contributed by atoms with Crippen molar-refractivity contribution in [2.24, 2.45) is 5.73 Å². The van der Waals surface area contributed by atoms with Gasteiger partial charge in [-0.15, -0.1) is 5.10 Å². The molecule has 11 heavy (non-hydrogen) atoms. The van der Waals surface area contributed by atoms with Crippen molar-refractivity contribution in [1.82, 2.24) is 10.2 Å². The normalized spacial score (nSPS) is 13.3. The van der Waals surface area contributed by atoms with Crippen LogP contribution in [0.2, 0.25) is 0 Å². The summed E-state index contributed by atoms with van der Waals surface area (Å²) < 4.78 is 5.10. The van der Waals surface area contributed by atoms with Crippen molar-refractivity contribution < 1.29 is 4.42 Å². The number of nitrogens with zero attached hydrogens (tertiary/aromatic N) is 1. The van der Waals surface area contributed by atoms with E-state index in [1.165, 1.54) is 0 Å². The first-order valence-electron chi connectivity index (χ1n) is 3.53. The van der Waals surface area contributed by atoms with Crippen LogP contribution in [0.3, 0.4) is 0 Å². The smallest absolute Gasteiger partial charge is 0.284 e. The fraction of sp³-hybridized carbons (Fsp3) is 0.667. The van der Waals surface area contributed by atoms with Crippen LogP contribution in [0.25, 0.3) is 0 Å². The molecule has 3 N–H and O–H groups in total. The Morgan fingerprint density at radius 3 is 2.91 bits per heavy atom. The van der Waals surface area contributed by atoms with E-state index >= 15 is 0 Å². The number of rotatable bonds is 3. The number of H-pyrrole nitrogens is 1. The molecule has 0 aliphatic heterocycles. The predicted octanol–water partition coefficient (Wildman–Crippen LogP) is 1.18. The van der Waals surface area contributed by atoms with E-state index in [9.17, 15) is 0 Å². The van der Waals surface area contributed by atoms with Crippen molar-refractivity contribution in [2.45, 2.75) is 19.3 Å². The molecule has 0 bridgehead atoms. The van der Waals surface area contributed by atoms with Crippen LogP contribution in [0.5, 0.6) is 0 Å². The molecule has 0 spiro atoms. The highest BCUT2D eigenvalue weighted by atomic mass is 32.1. The minimum atomic E-state index is 0.183. The van der Waals surface area contributed by atoms with E-state index < -0.39 is 0 Å². The number of aromatic nitrogens is 2. The minimum absolute atomic E-state index is 0.183. The lowest BCUT2D eigenvalue weighted by Gasteiger charge is -2.04. The summed E-state index contributed by atoms with van der Waals surface area (Å²) in [7, 11) is 0. The van der Waals surface area contributed by atoms with E-state index in [1.807, 2.05) is 6.92 Å². The molecule has 0 amide bonds. The lowest BCUT2D eigenvalue weighted by atomic mass is 10.1. The molecule has 0 aliphatic carbocycles. The van der Waals surface area contributed by atoms with E-state index in [1.54, 1.807) is 0 Å². The molecule has 0 aliphatic rings. The minimum Gasteiger partial charge on any atom is -0.414 e. The molecular formula is C6H11N3OS. The van der Waals surface area contributed by atoms with E-state index in [2.05, 4.69) is 10.2 Å². The van der Waals surface area contributed by atoms with Gasteiger partial charge in [0.25, 0.3) is 4.84 Å². The van der Waals surface area contributed by atoms with Gasteiger partial charge in [-0.2, -0.15) is 0 Å². The summed E-state index contributed by atoms with van der Waals surface area (Å²) in [6.45, 7) is 2.57. The number of aromatic amines is 1. The van der Waals surface area contributed by atoms with Gasteiger partial charge in [-0.1, -0.05) is 6.92 Å². The zero-order chi connectivity index (χ0) is 8.27. The SMILES string of the molecule is CCC(CN)c1n[nH]c(=S)o1. The lowest BCUT2D eigenvalue weighted by Crippen LogP contribution is -2.11. The predicted molar refractivity (Wildman–Crippen MR) is 43.8 cm³/mol. The fourth-order valence-electron chi connectivity index (χ4n) is 0.858. The molecule has 1 unspecified atom stereocenters. The Labute approximate surface area is 69.8 Å². The molecule has 0 aromatic carbocycles. The molecule has 1 heterocycles. The third-order valence-electron chi connectivity index (χ3n) is 1.58. The first-order chi connectivity index (χ1) is 5.27. The van der Waals surface area contributed by atoms with Crippen molar-refractivity contribution in [3.8, 4) is 0 Å². The Hall–Kier alpha value is -0.680. The van der Waals surface area contributed by atoms with Gasteiger partial charge in [-0.05, 0) is 18.6 Å². The van der Waals surface area contributed by atoms with Crippen LogP contribution in [0.4, 0.5) is 0 Å². The summed E-state index contributed by atoms with van der Waals surface area (Å²) >= 11 is 4.72. The number of hydrogen-bond donors (Lipinski definition) is 2. The van der Waals surface area contributed by atoms with Crippen molar-refractivity contribution in [3.63, 3.8) is 0 Å². The van der Waals surface area contributed by atoms with Crippen molar-refractivity contribution in [1.29, 1.82) is 0 Å². The summed E-state index contributed by atoms with van der Waals surface area (Å²) in [5.41, 5.74) is 5.48. The van der Waals surface area contributed by atoms with E-state index in [4.69, 9.17) is 22.4 Å². The number of nitrogens with one attached hydrogen (secondary N) is 1. The molecule has 1 aromatic heterocycles. The van der Waals surface area contributed by atoms with Crippen LogP contribution < -0.4 is 5.73 Å². The van der Waals surface area contributed by atoms with Crippen LogP contribution >= 0.6 is 12.2 Å². The number of nitrogens with two attached hydrogens (primary N) is 1. The fourth-order valence-corrected chi connectivity index (χ4v) is 0.989. The second-order valence-electron chi connectivity index (χ2n) is 2.29. The first kappa shape index (κ1) is 8.42. The highest BCUT2D eigenvalue weighted by molar-refractivity contribution is 7.71. The van der Waals surface area contributed by atoms with Gasteiger partial charge in [0.2, 0.25) is 5.89 Å². The Morgan fingerprint density at radius 2 is 2.55 bits per heavy atom. The Balaban J connectivity index is 2.81. The topological polar surface area (TPSA) is 67.8 Å². The van der Waals surface area contributed by atoms with Crippen LogP contribution in [-0.2, 0) is 0 Å². The summed E-state index contributed by atoms with van der Waals surface area (Å²) in [6.07, 6.45) is 0.916. The molecular weight excluding hydrogens is 162 g/mol. The van der Waals surface area contributed by atoms with Crippen LogP contribution in [0, 0.1) is 4.84 Å². The molecule has 1 rings (SSSR count). The molecule has 62 valence electrons. The second kappa shape index (κ2) is 3.64. The average Bonchev–Trinajstić information content (AvgIpc) is 2.39. The maximum Gasteiger partial charge on any atom is 0.284 e. The molecule has 0 radical (unpaired) electrons. The van der Waals surface area contributed by atoms with Crippen molar-refractivity contribution >= 4 is 12.2 Å². The summed E-state index contributed by atoms with van der Waals surface area (Å²) in [6, 6.07) is 0. The summed E-state index contributed by atoms with van der Waals surface area (Å²) in [4.78, 5) is 0.312. The first-order valence-corrected chi connectivity index (χ1v) is 3.94. The Bertz CT molecular complexity index is 263. The highest BCUT2D eigenvalue weighted by Crippen LogP contribution is 2.14. The maximum atomic E-state index is 5.48. The van der Waals surface area contributed by atoms with E-state index in [0.717, 1.165) is 6.42 Å². The van der Waals surface area contributed by atoms with Crippen molar-refractivity contribution in [2.75, 3.05) is 6.54 Å². The highest BCUT2D eigenvalue weighted by Gasteiger charge is 2.11. The average molecular weight is 173 g/mol. The molecule has 1 aromatic rings. The summed E-state index contributed by atoms with van der Waals surface area (Å²) in [5, 5.41) is 6.44. The molecule has 0 saturated heterocycles. The zero-order valence-corrected chi connectivity index (χ0v) is 7.15. The van der Waals surface area contributed by atoms with Gasteiger partial charge in [0, 0.05) is 12.5 Å². The molecule has 5 heteroatoms. The van der Waals surface area contributed by atoms with Crippen LogP contribution in [0.15, 0.2) is 4.42 Å². The van der Waals surface area contributed by atoms with Gasteiger partial charge in [-0.3, -0.25) is 0 Å². The molecule has 4 nitrogen and oxygen atoms in total. The van der Waals surface area contributed by atoms with Crippen LogP contribution in [0.1, 0.15) is 25.2 Å². The third kappa shape index (κ3) is 1.87. The quantitative estimate of drug-likeness (QED) is 0.673. The van der Waals surface area contributed by atoms with E-state index in [-0.39, 0.29) is 5.92 Å². The molecule has 0 saturated carbocycles. The zero-order valence-electron chi connectivity index (χ0n) is 6.33. The third-order valence-corrected chi connectivity index (χ3v) is 1.76. The molecule has 0 fully saturated rings. The van der Waals surface area contributed by atoms with Gasteiger partial charge in [0.15, 0.2) is 0 Å². The van der Waals surface area contributed by atoms with Crippen LogP contribution in [-0.4, -0.2) is 16.7 Å². The largest absolute Gasteiger partial charge is 0.414 e. The standard InChI is InChI=1S/C6H11N3OS/c1-2-4(3-7)5-8-9-6(11)10-5/h4H,2-3,7H2,1H3,(H,9,11). The maximum absolute atomic E-state index is 5.48.